The van der Waals surface area contributed by atoms with E-state index in [9.17, 15) is 0 Å². The lowest BCUT2D eigenvalue weighted by Crippen LogP contribution is -2.31. The highest BCUT2D eigenvalue weighted by molar-refractivity contribution is 9.10. The van der Waals surface area contributed by atoms with Crippen LogP contribution in [0.3, 0.4) is 0 Å². The Morgan fingerprint density at radius 2 is 2.15 bits per heavy atom. The summed E-state index contributed by atoms with van der Waals surface area (Å²) in [7, 11) is 3.80. The third-order valence-corrected chi connectivity index (χ3v) is 5.91. The van der Waals surface area contributed by atoms with Gasteiger partial charge in [0, 0.05) is 10.5 Å². The minimum absolute atomic E-state index is 0.548. The Morgan fingerprint density at radius 3 is 2.80 bits per heavy atom. The minimum Gasteiger partial charge on any atom is -0.497 e. The predicted molar refractivity (Wildman–Crippen MR) is 91.9 cm³/mol. The molecule has 1 unspecified atom stereocenters. The van der Waals surface area contributed by atoms with Crippen LogP contribution in [0.25, 0.3) is 0 Å². The molecule has 1 saturated heterocycles. The number of likely N-dealkylation sites (N-methyl/N-ethyl adjacent to an activating group) is 1. The van der Waals surface area contributed by atoms with E-state index in [4.69, 9.17) is 4.74 Å². The van der Waals surface area contributed by atoms with Crippen molar-refractivity contribution < 1.29 is 4.74 Å². The molecule has 0 aromatic heterocycles. The van der Waals surface area contributed by atoms with Gasteiger partial charge in [-0.25, -0.2) is 0 Å². The SMILES string of the molecule is CNC(Cc1cc(OC)ccc1Br)CC1CCSCC1. The molecule has 0 amide bonds. The fourth-order valence-electron chi connectivity index (χ4n) is 2.79. The first-order chi connectivity index (χ1) is 9.72. The van der Waals surface area contributed by atoms with Gasteiger partial charge in [0.05, 0.1) is 7.11 Å². The minimum atomic E-state index is 0.548. The molecular formula is C16H24BrNOS. The van der Waals surface area contributed by atoms with Crippen molar-refractivity contribution >= 4 is 27.7 Å². The molecule has 112 valence electrons. The average Bonchev–Trinajstić information content (AvgIpc) is 2.49. The van der Waals surface area contributed by atoms with Gasteiger partial charge >= 0.3 is 0 Å². The maximum Gasteiger partial charge on any atom is 0.119 e. The molecule has 1 aromatic carbocycles. The third kappa shape index (κ3) is 4.68. The largest absolute Gasteiger partial charge is 0.497 e. The smallest absolute Gasteiger partial charge is 0.119 e. The van der Waals surface area contributed by atoms with Crippen LogP contribution in [-0.4, -0.2) is 31.7 Å². The van der Waals surface area contributed by atoms with Crippen molar-refractivity contribution in [2.24, 2.45) is 5.92 Å². The van der Waals surface area contributed by atoms with Gasteiger partial charge in [-0.3, -0.25) is 0 Å². The molecule has 4 heteroatoms. The standard InChI is InChI=1S/C16H24BrNOS/c1-18-14(9-12-5-7-20-8-6-12)10-13-11-15(19-2)3-4-16(13)17/h3-4,11-12,14,18H,5-10H2,1-2H3. The molecule has 2 nitrogen and oxygen atoms in total. The van der Waals surface area contributed by atoms with Gasteiger partial charge < -0.3 is 10.1 Å². The van der Waals surface area contributed by atoms with Crippen molar-refractivity contribution in [2.75, 3.05) is 25.7 Å². The number of hydrogen-bond donors (Lipinski definition) is 1. The molecule has 2 rings (SSSR count). The molecule has 0 radical (unpaired) electrons. The van der Waals surface area contributed by atoms with E-state index in [0.717, 1.165) is 18.1 Å². The molecule has 0 saturated carbocycles. The third-order valence-electron chi connectivity index (χ3n) is 4.09. The molecule has 1 aliphatic heterocycles. The van der Waals surface area contributed by atoms with Crippen LogP contribution in [-0.2, 0) is 6.42 Å². The molecule has 0 spiro atoms. The van der Waals surface area contributed by atoms with Crippen molar-refractivity contribution in [1.29, 1.82) is 0 Å². The van der Waals surface area contributed by atoms with Gasteiger partial charge in [0.2, 0.25) is 0 Å². The summed E-state index contributed by atoms with van der Waals surface area (Å²) in [5.41, 5.74) is 1.33. The van der Waals surface area contributed by atoms with E-state index in [-0.39, 0.29) is 0 Å². The number of thioether (sulfide) groups is 1. The van der Waals surface area contributed by atoms with Crippen LogP contribution in [0.15, 0.2) is 22.7 Å². The Kier molecular flexibility index (Phi) is 6.72. The fraction of sp³-hybridized carbons (Fsp3) is 0.625. The summed E-state index contributed by atoms with van der Waals surface area (Å²) >= 11 is 5.76. The van der Waals surface area contributed by atoms with Crippen LogP contribution in [0.4, 0.5) is 0 Å². The van der Waals surface area contributed by atoms with E-state index >= 15 is 0 Å². The molecule has 1 fully saturated rings. The number of hydrogen-bond acceptors (Lipinski definition) is 3. The fourth-order valence-corrected chi connectivity index (χ4v) is 4.40. The highest BCUT2D eigenvalue weighted by atomic mass is 79.9. The van der Waals surface area contributed by atoms with E-state index in [1.54, 1.807) is 7.11 Å². The van der Waals surface area contributed by atoms with Gasteiger partial charge in [-0.1, -0.05) is 15.9 Å². The molecule has 0 bridgehead atoms. The summed E-state index contributed by atoms with van der Waals surface area (Å²) in [6.07, 6.45) is 5.09. The second-order valence-electron chi connectivity index (χ2n) is 5.44. The highest BCUT2D eigenvalue weighted by Crippen LogP contribution is 2.29. The van der Waals surface area contributed by atoms with Crippen molar-refractivity contribution in [2.45, 2.75) is 31.7 Å². The van der Waals surface area contributed by atoms with Crippen molar-refractivity contribution in [3.63, 3.8) is 0 Å². The van der Waals surface area contributed by atoms with Gasteiger partial charge in [-0.15, -0.1) is 0 Å². The number of methoxy groups -OCH3 is 1. The molecule has 1 aliphatic rings. The van der Waals surface area contributed by atoms with E-state index in [1.165, 1.54) is 40.8 Å². The Labute approximate surface area is 135 Å². The second kappa shape index (κ2) is 8.30. The topological polar surface area (TPSA) is 21.3 Å². The number of nitrogens with one attached hydrogen (secondary N) is 1. The summed E-state index contributed by atoms with van der Waals surface area (Å²) in [6.45, 7) is 0. The molecule has 1 aromatic rings. The summed E-state index contributed by atoms with van der Waals surface area (Å²) in [5, 5.41) is 3.49. The van der Waals surface area contributed by atoms with Crippen molar-refractivity contribution in [3.8, 4) is 5.75 Å². The van der Waals surface area contributed by atoms with E-state index in [0.29, 0.717) is 6.04 Å². The molecule has 20 heavy (non-hydrogen) atoms. The van der Waals surface area contributed by atoms with E-state index in [1.807, 2.05) is 6.07 Å². The first-order valence-corrected chi connectivity index (χ1v) is 9.25. The summed E-state index contributed by atoms with van der Waals surface area (Å²) < 4.78 is 6.51. The Morgan fingerprint density at radius 1 is 1.40 bits per heavy atom. The van der Waals surface area contributed by atoms with Crippen LogP contribution in [0.5, 0.6) is 5.75 Å². The van der Waals surface area contributed by atoms with E-state index in [2.05, 4.69) is 52.2 Å². The monoisotopic (exact) mass is 357 g/mol. The first kappa shape index (κ1) is 16.2. The van der Waals surface area contributed by atoms with Crippen LogP contribution in [0, 0.1) is 5.92 Å². The Bertz CT molecular complexity index is 421. The second-order valence-corrected chi connectivity index (χ2v) is 7.52. The van der Waals surface area contributed by atoms with Crippen LogP contribution in [0.2, 0.25) is 0 Å². The zero-order valence-electron chi connectivity index (χ0n) is 12.3. The molecule has 1 N–H and O–H groups in total. The normalized spacial score (nSPS) is 17.9. The van der Waals surface area contributed by atoms with Gasteiger partial charge in [0.25, 0.3) is 0 Å². The first-order valence-electron chi connectivity index (χ1n) is 7.30. The lowest BCUT2D eigenvalue weighted by Gasteiger charge is -2.26. The molecule has 0 aliphatic carbocycles. The van der Waals surface area contributed by atoms with Gasteiger partial charge in [-0.2, -0.15) is 11.8 Å². The Hall–Kier alpha value is -0.190. The highest BCUT2D eigenvalue weighted by Gasteiger charge is 2.19. The molecular weight excluding hydrogens is 334 g/mol. The Balaban J connectivity index is 1.98. The van der Waals surface area contributed by atoms with E-state index < -0.39 is 0 Å². The summed E-state index contributed by atoms with van der Waals surface area (Å²) in [4.78, 5) is 0. The van der Waals surface area contributed by atoms with Crippen LogP contribution >= 0.6 is 27.7 Å². The van der Waals surface area contributed by atoms with Gasteiger partial charge in [-0.05, 0) is 73.9 Å². The lowest BCUT2D eigenvalue weighted by atomic mass is 9.91. The van der Waals surface area contributed by atoms with Gasteiger partial charge in [0.1, 0.15) is 5.75 Å². The van der Waals surface area contributed by atoms with Gasteiger partial charge in [0.15, 0.2) is 0 Å². The zero-order valence-corrected chi connectivity index (χ0v) is 14.7. The summed E-state index contributed by atoms with van der Waals surface area (Å²) in [5.74, 6) is 4.50. The number of ether oxygens (including phenoxy) is 1. The average molecular weight is 358 g/mol. The zero-order chi connectivity index (χ0) is 14.4. The summed E-state index contributed by atoms with van der Waals surface area (Å²) in [6, 6.07) is 6.77. The maximum absolute atomic E-state index is 5.33. The number of halogens is 1. The van der Waals surface area contributed by atoms with Crippen LogP contribution in [0.1, 0.15) is 24.8 Å². The number of benzene rings is 1. The molecule has 1 heterocycles. The van der Waals surface area contributed by atoms with Crippen molar-refractivity contribution in [3.05, 3.63) is 28.2 Å². The van der Waals surface area contributed by atoms with Crippen molar-refractivity contribution in [1.82, 2.24) is 5.32 Å². The number of rotatable bonds is 6. The molecule has 1 atom stereocenters. The quantitative estimate of drug-likeness (QED) is 0.827. The predicted octanol–water partition coefficient (Wildman–Crippen LogP) is 4.12. The maximum atomic E-state index is 5.33. The van der Waals surface area contributed by atoms with Crippen LogP contribution < -0.4 is 10.1 Å². The lowest BCUT2D eigenvalue weighted by molar-refractivity contribution is 0.375.